The topological polar surface area (TPSA) is 85.0 Å². The normalized spacial score (nSPS) is 12.1. The molecule has 2 heterocycles. The van der Waals surface area contributed by atoms with E-state index in [0.717, 1.165) is 24.5 Å². The lowest BCUT2D eigenvalue weighted by Crippen LogP contribution is -2.37. The van der Waals surface area contributed by atoms with Gasteiger partial charge in [0.25, 0.3) is 0 Å². The Kier molecular flexibility index (Phi) is 4.75. The largest absolute Gasteiger partial charge is 0.464 e. The molecule has 0 saturated carbocycles. The minimum atomic E-state index is -0.204. The molecular formula is C13H19N5O2. The van der Waals surface area contributed by atoms with Crippen molar-refractivity contribution in [3.05, 3.63) is 36.3 Å². The second-order valence-corrected chi connectivity index (χ2v) is 4.58. The number of nitrogens with zero attached hydrogens (tertiary/aromatic N) is 3. The average Bonchev–Trinajstić information content (AvgIpc) is 3.06. The van der Waals surface area contributed by atoms with Crippen molar-refractivity contribution in [3.63, 3.8) is 0 Å². The summed E-state index contributed by atoms with van der Waals surface area (Å²) in [5.74, 6) is 1.59. The molecule has 0 saturated heterocycles. The number of amides is 2. The fourth-order valence-electron chi connectivity index (χ4n) is 1.80. The molecule has 2 aromatic rings. The smallest absolute Gasteiger partial charge is 0.315 e. The molecule has 0 unspecified atom stereocenters. The monoisotopic (exact) mass is 277 g/mol. The van der Waals surface area contributed by atoms with Crippen LogP contribution in [0.3, 0.4) is 0 Å². The van der Waals surface area contributed by atoms with Crippen LogP contribution in [0.25, 0.3) is 0 Å². The van der Waals surface area contributed by atoms with Crippen molar-refractivity contribution in [1.82, 2.24) is 25.4 Å². The predicted molar refractivity (Wildman–Crippen MR) is 73.0 cm³/mol. The molecule has 1 atom stereocenters. The summed E-state index contributed by atoms with van der Waals surface area (Å²) in [6.07, 6.45) is 3.94. The third-order valence-electron chi connectivity index (χ3n) is 2.85. The number of aryl methyl sites for hydroxylation is 2. The maximum Gasteiger partial charge on any atom is 0.315 e. The first-order valence-electron chi connectivity index (χ1n) is 6.58. The molecule has 7 heteroatoms. The number of rotatable bonds is 6. The molecule has 0 fully saturated rings. The van der Waals surface area contributed by atoms with Crippen LogP contribution in [0.4, 0.5) is 4.79 Å². The molecule has 0 bridgehead atoms. The molecule has 0 aliphatic heterocycles. The summed E-state index contributed by atoms with van der Waals surface area (Å²) >= 11 is 0. The summed E-state index contributed by atoms with van der Waals surface area (Å²) in [6.45, 7) is 5.07. The summed E-state index contributed by atoms with van der Waals surface area (Å²) in [5, 5.41) is 9.61. The number of urea groups is 1. The van der Waals surface area contributed by atoms with E-state index in [-0.39, 0.29) is 12.1 Å². The fourth-order valence-corrected chi connectivity index (χ4v) is 1.80. The molecule has 0 radical (unpaired) electrons. The number of furan rings is 1. The van der Waals surface area contributed by atoms with Crippen molar-refractivity contribution in [1.29, 1.82) is 0 Å². The number of nitrogens with one attached hydrogen (secondary N) is 2. The van der Waals surface area contributed by atoms with Crippen LogP contribution in [0.2, 0.25) is 0 Å². The highest BCUT2D eigenvalue weighted by atomic mass is 16.3. The molecule has 0 aliphatic rings. The Bertz CT molecular complexity index is 535. The quantitative estimate of drug-likeness (QED) is 0.786. The second-order valence-electron chi connectivity index (χ2n) is 4.58. The third kappa shape index (κ3) is 4.11. The number of aromatic nitrogens is 3. The van der Waals surface area contributed by atoms with Gasteiger partial charge < -0.3 is 15.1 Å². The zero-order valence-electron chi connectivity index (χ0n) is 11.7. The summed E-state index contributed by atoms with van der Waals surface area (Å²) < 4.78 is 7.19. The van der Waals surface area contributed by atoms with Crippen LogP contribution in [0.1, 0.15) is 30.9 Å². The van der Waals surface area contributed by atoms with Crippen LogP contribution in [0.15, 0.2) is 29.2 Å². The zero-order chi connectivity index (χ0) is 14.4. The summed E-state index contributed by atoms with van der Waals surface area (Å²) in [6, 6.07) is 3.39. The van der Waals surface area contributed by atoms with Gasteiger partial charge in [-0.15, -0.1) is 0 Å². The first-order chi connectivity index (χ1) is 9.65. The van der Waals surface area contributed by atoms with Crippen LogP contribution >= 0.6 is 0 Å². The van der Waals surface area contributed by atoms with Gasteiger partial charge in [0, 0.05) is 13.1 Å². The van der Waals surface area contributed by atoms with Gasteiger partial charge in [0.1, 0.15) is 24.2 Å². The number of hydrogen-bond donors (Lipinski definition) is 2. The maximum absolute atomic E-state index is 11.7. The van der Waals surface area contributed by atoms with Crippen LogP contribution in [-0.2, 0) is 6.54 Å². The Balaban J connectivity index is 1.65. The van der Waals surface area contributed by atoms with Crippen LogP contribution in [0, 0.1) is 6.92 Å². The van der Waals surface area contributed by atoms with E-state index in [1.54, 1.807) is 11.0 Å². The molecule has 0 aromatic carbocycles. The molecule has 7 nitrogen and oxygen atoms in total. The van der Waals surface area contributed by atoms with E-state index in [9.17, 15) is 4.79 Å². The van der Waals surface area contributed by atoms with Crippen molar-refractivity contribution in [2.75, 3.05) is 6.54 Å². The first-order valence-corrected chi connectivity index (χ1v) is 6.58. The van der Waals surface area contributed by atoms with Crippen LogP contribution < -0.4 is 10.6 Å². The van der Waals surface area contributed by atoms with Gasteiger partial charge in [0.05, 0.1) is 6.04 Å². The van der Waals surface area contributed by atoms with Crippen molar-refractivity contribution >= 4 is 6.03 Å². The second kappa shape index (κ2) is 6.74. The number of carbonyl (C=O) groups is 1. The minimum Gasteiger partial charge on any atom is -0.464 e. The lowest BCUT2D eigenvalue weighted by molar-refractivity contribution is 0.235. The van der Waals surface area contributed by atoms with Crippen LogP contribution in [0.5, 0.6) is 0 Å². The summed E-state index contributed by atoms with van der Waals surface area (Å²) in [4.78, 5) is 15.5. The van der Waals surface area contributed by atoms with Gasteiger partial charge in [-0.25, -0.2) is 9.78 Å². The molecule has 0 aliphatic carbocycles. The highest BCUT2D eigenvalue weighted by Crippen LogP contribution is 2.14. The Morgan fingerprint density at radius 1 is 1.50 bits per heavy atom. The fraction of sp³-hybridized carbons (Fsp3) is 0.462. The molecule has 20 heavy (non-hydrogen) atoms. The van der Waals surface area contributed by atoms with E-state index >= 15 is 0 Å². The van der Waals surface area contributed by atoms with Gasteiger partial charge in [-0.3, -0.25) is 4.68 Å². The SMILES string of the molecule is Cc1ccc([C@@H](C)NC(=O)NCCCn2cncn2)o1. The van der Waals surface area contributed by atoms with E-state index in [2.05, 4.69) is 20.7 Å². The van der Waals surface area contributed by atoms with Gasteiger partial charge in [-0.05, 0) is 32.4 Å². The van der Waals surface area contributed by atoms with E-state index in [1.165, 1.54) is 6.33 Å². The van der Waals surface area contributed by atoms with Crippen LogP contribution in [-0.4, -0.2) is 27.3 Å². The minimum absolute atomic E-state index is 0.154. The Hall–Kier alpha value is -2.31. The Morgan fingerprint density at radius 3 is 3.00 bits per heavy atom. The summed E-state index contributed by atoms with van der Waals surface area (Å²) in [7, 11) is 0. The maximum atomic E-state index is 11.7. The lowest BCUT2D eigenvalue weighted by Gasteiger charge is -2.12. The number of carbonyl (C=O) groups excluding carboxylic acids is 1. The molecular weight excluding hydrogens is 258 g/mol. The zero-order valence-corrected chi connectivity index (χ0v) is 11.7. The van der Waals surface area contributed by atoms with Crippen molar-refractivity contribution in [3.8, 4) is 0 Å². The van der Waals surface area contributed by atoms with E-state index in [0.29, 0.717) is 6.54 Å². The van der Waals surface area contributed by atoms with E-state index in [4.69, 9.17) is 4.42 Å². The Morgan fingerprint density at radius 2 is 2.35 bits per heavy atom. The molecule has 2 aromatic heterocycles. The Labute approximate surface area is 117 Å². The highest BCUT2D eigenvalue weighted by Gasteiger charge is 2.11. The molecule has 0 spiro atoms. The average molecular weight is 277 g/mol. The molecule has 2 amide bonds. The molecule has 108 valence electrons. The molecule has 2 N–H and O–H groups in total. The highest BCUT2D eigenvalue weighted by molar-refractivity contribution is 5.74. The standard InChI is InChI=1S/C13H19N5O2/c1-10-4-5-12(20-10)11(2)17-13(19)15-6-3-7-18-9-14-8-16-18/h4-5,8-9,11H,3,6-7H2,1-2H3,(H2,15,17,19)/t11-/m1/s1. The van der Waals surface area contributed by atoms with Crippen molar-refractivity contribution < 1.29 is 9.21 Å². The first kappa shape index (κ1) is 14.1. The summed E-state index contributed by atoms with van der Waals surface area (Å²) in [5.41, 5.74) is 0. The predicted octanol–water partition coefficient (Wildman–Crippen LogP) is 1.63. The van der Waals surface area contributed by atoms with Gasteiger partial charge in [-0.1, -0.05) is 0 Å². The third-order valence-corrected chi connectivity index (χ3v) is 2.85. The van der Waals surface area contributed by atoms with E-state index < -0.39 is 0 Å². The van der Waals surface area contributed by atoms with Gasteiger partial charge in [0.2, 0.25) is 0 Å². The van der Waals surface area contributed by atoms with Crippen molar-refractivity contribution in [2.24, 2.45) is 0 Å². The van der Waals surface area contributed by atoms with Gasteiger partial charge in [-0.2, -0.15) is 5.10 Å². The lowest BCUT2D eigenvalue weighted by atomic mass is 10.2. The van der Waals surface area contributed by atoms with E-state index in [1.807, 2.05) is 26.0 Å². The van der Waals surface area contributed by atoms with Gasteiger partial charge in [0.15, 0.2) is 0 Å². The van der Waals surface area contributed by atoms with Crippen molar-refractivity contribution in [2.45, 2.75) is 32.9 Å². The van der Waals surface area contributed by atoms with Gasteiger partial charge >= 0.3 is 6.03 Å². The molecule has 2 rings (SSSR count). The number of hydrogen-bond acceptors (Lipinski definition) is 4.